The van der Waals surface area contributed by atoms with Gasteiger partial charge in [-0.05, 0) is 36.8 Å². The number of carbonyl (C=O) groups is 2. The largest absolute Gasteiger partial charge is 0.465 e. The van der Waals surface area contributed by atoms with Gasteiger partial charge in [-0.1, -0.05) is 0 Å². The van der Waals surface area contributed by atoms with Crippen molar-refractivity contribution >= 4 is 33.1 Å². The average molecular weight is 389 g/mol. The normalized spacial score (nSPS) is 17.9. The number of amides is 1. The summed E-state index contributed by atoms with van der Waals surface area (Å²) in [6.07, 6.45) is 3.40. The minimum atomic E-state index is -3.06. The Bertz CT molecular complexity index is 957. The van der Waals surface area contributed by atoms with E-state index in [2.05, 4.69) is 20.4 Å². The number of rotatable bonds is 5. The monoisotopic (exact) mass is 389 g/mol. The highest BCUT2D eigenvalue weighted by Gasteiger charge is 2.29. The molecule has 1 unspecified atom stereocenters. The van der Waals surface area contributed by atoms with Crippen LogP contribution in [0.3, 0.4) is 0 Å². The zero-order valence-corrected chi connectivity index (χ0v) is 15.5. The molecule has 2 N–H and O–H groups in total. The molecule has 8 nitrogen and oxygen atoms in total. The summed E-state index contributed by atoms with van der Waals surface area (Å²) in [6.45, 7) is 0. The summed E-state index contributed by atoms with van der Waals surface area (Å²) in [5.74, 6) is -0.721. The Morgan fingerprint density at radius 2 is 1.85 bits per heavy atom. The van der Waals surface area contributed by atoms with Crippen LogP contribution in [0.15, 0.2) is 42.7 Å². The van der Waals surface area contributed by atoms with E-state index in [9.17, 15) is 18.0 Å². The van der Waals surface area contributed by atoms with Gasteiger partial charge < -0.3 is 15.4 Å². The first-order valence-electron chi connectivity index (χ1n) is 8.28. The predicted octanol–water partition coefficient (Wildman–Crippen LogP) is 1.53. The number of hydrogen-bond acceptors (Lipinski definition) is 7. The highest BCUT2D eigenvalue weighted by Crippen LogP contribution is 2.18. The summed E-state index contributed by atoms with van der Waals surface area (Å²) >= 11 is 0. The Balaban J connectivity index is 1.66. The minimum Gasteiger partial charge on any atom is -0.465 e. The molecule has 1 aromatic carbocycles. The first-order valence-corrected chi connectivity index (χ1v) is 10.1. The van der Waals surface area contributed by atoms with Crippen molar-refractivity contribution in [1.82, 2.24) is 10.3 Å². The molecular formula is C18H19N3O5S. The second-order valence-electron chi connectivity index (χ2n) is 6.23. The fourth-order valence-corrected chi connectivity index (χ4v) is 4.46. The third kappa shape index (κ3) is 4.82. The number of hydrogen-bond donors (Lipinski definition) is 2. The lowest BCUT2D eigenvalue weighted by atomic mass is 10.2. The Kier molecular flexibility index (Phi) is 5.41. The van der Waals surface area contributed by atoms with E-state index < -0.39 is 15.8 Å². The van der Waals surface area contributed by atoms with Crippen LogP contribution in [0.2, 0.25) is 0 Å². The van der Waals surface area contributed by atoms with E-state index in [1.54, 1.807) is 36.5 Å². The van der Waals surface area contributed by atoms with Crippen LogP contribution in [0.5, 0.6) is 0 Å². The number of anilines is 2. The number of pyridine rings is 1. The molecule has 0 aliphatic carbocycles. The molecule has 3 rings (SSSR count). The second-order valence-corrected chi connectivity index (χ2v) is 8.46. The van der Waals surface area contributed by atoms with Gasteiger partial charge in [0.05, 0.1) is 41.6 Å². The van der Waals surface area contributed by atoms with Crippen LogP contribution in [-0.4, -0.2) is 49.9 Å². The molecule has 1 atom stereocenters. The Hall–Kier alpha value is -2.94. The van der Waals surface area contributed by atoms with E-state index in [-0.39, 0.29) is 23.5 Å². The van der Waals surface area contributed by atoms with Gasteiger partial charge in [0.1, 0.15) is 0 Å². The minimum absolute atomic E-state index is 0.0311. The van der Waals surface area contributed by atoms with Crippen LogP contribution in [0.25, 0.3) is 0 Å². The van der Waals surface area contributed by atoms with Crippen molar-refractivity contribution in [3.63, 3.8) is 0 Å². The third-order valence-electron chi connectivity index (χ3n) is 4.16. The molecule has 1 aliphatic heterocycles. The molecular weight excluding hydrogens is 370 g/mol. The molecule has 0 bridgehead atoms. The van der Waals surface area contributed by atoms with Gasteiger partial charge >= 0.3 is 5.97 Å². The fourth-order valence-electron chi connectivity index (χ4n) is 2.78. The summed E-state index contributed by atoms with van der Waals surface area (Å²) in [6, 6.07) is 7.92. The van der Waals surface area contributed by atoms with E-state index in [4.69, 9.17) is 0 Å². The number of carbonyl (C=O) groups excluding carboxylic acids is 2. The fraction of sp³-hybridized carbons (Fsp3) is 0.278. The molecule has 1 saturated heterocycles. The van der Waals surface area contributed by atoms with Gasteiger partial charge in [0, 0.05) is 17.9 Å². The highest BCUT2D eigenvalue weighted by atomic mass is 32.2. The first kappa shape index (κ1) is 18.8. The highest BCUT2D eigenvalue weighted by molar-refractivity contribution is 7.91. The summed E-state index contributed by atoms with van der Waals surface area (Å²) in [4.78, 5) is 27.8. The quantitative estimate of drug-likeness (QED) is 0.745. The molecule has 1 aromatic heterocycles. The van der Waals surface area contributed by atoms with Crippen LogP contribution >= 0.6 is 0 Å². The standard InChI is InChI=1S/C18H19N3O5S/c1-26-18(23)12-2-4-14(5-3-12)20-16-8-13(9-19-10-16)17(22)21-15-6-7-27(24,25)11-15/h2-5,8-10,15,20H,6-7,11H2,1H3,(H,21,22). The van der Waals surface area contributed by atoms with E-state index in [1.807, 2.05) is 0 Å². The van der Waals surface area contributed by atoms with Gasteiger partial charge in [0.15, 0.2) is 9.84 Å². The van der Waals surface area contributed by atoms with Gasteiger partial charge in [0.25, 0.3) is 5.91 Å². The van der Waals surface area contributed by atoms with Crippen molar-refractivity contribution in [1.29, 1.82) is 0 Å². The van der Waals surface area contributed by atoms with Crippen LogP contribution < -0.4 is 10.6 Å². The van der Waals surface area contributed by atoms with Crippen LogP contribution in [0.4, 0.5) is 11.4 Å². The molecule has 1 fully saturated rings. The third-order valence-corrected chi connectivity index (χ3v) is 5.93. The van der Waals surface area contributed by atoms with Crippen LogP contribution in [-0.2, 0) is 14.6 Å². The number of nitrogens with zero attached hydrogens (tertiary/aromatic N) is 1. The van der Waals surface area contributed by atoms with Crippen molar-refractivity contribution in [2.45, 2.75) is 12.5 Å². The smallest absolute Gasteiger partial charge is 0.337 e. The Morgan fingerprint density at radius 3 is 2.48 bits per heavy atom. The Labute approximate surface area is 156 Å². The molecule has 2 aromatic rings. The maximum Gasteiger partial charge on any atom is 0.337 e. The van der Waals surface area contributed by atoms with Crippen molar-refractivity contribution in [3.8, 4) is 0 Å². The number of nitrogens with one attached hydrogen (secondary N) is 2. The first-order chi connectivity index (χ1) is 12.9. The van der Waals surface area contributed by atoms with E-state index in [1.165, 1.54) is 13.3 Å². The van der Waals surface area contributed by atoms with E-state index >= 15 is 0 Å². The topological polar surface area (TPSA) is 114 Å². The number of sulfone groups is 1. The average Bonchev–Trinajstić information content (AvgIpc) is 3.00. The lowest BCUT2D eigenvalue weighted by Gasteiger charge is -2.12. The molecule has 1 aliphatic rings. The Morgan fingerprint density at radius 1 is 1.11 bits per heavy atom. The van der Waals surface area contributed by atoms with Gasteiger partial charge in [-0.3, -0.25) is 9.78 Å². The summed E-state index contributed by atoms with van der Waals surface area (Å²) in [5.41, 5.74) is 2.06. The molecule has 2 heterocycles. The number of esters is 1. The molecule has 1 amide bonds. The molecule has 0 saturated carbocycles. The van der Waals surface area contributed by atoms with Gasteiger partial charge in [-0.15, -0.1) is 0 Å². The van der Waals surface area contributed by atoms with Gasteiger partial charge in [-0.25, -0.2) is 13.2 Å². The second kappa shape index (κ2) is 7.75. The van der Waals surface area contributed by atoms with E-state index in [0.29, 0.717) is 28.9 Å². The molecule has 27 heavy (non-hydrogen) atoms. The van der Waals surface area contributed by atoms with Gasteiger partial charge in [-0.2, -0.15) is 0 Å². The summed E-state index contributed by atoms with van der Waals surface area (Å²) < 4.78 is 27.7. The molecule has 9 heteroatoms. The lowest BCUT2D eigenvalue weighted by molar-refractivity contribution is 0.0600. The van der Waals surface area contributed by atoms with Crippen molar-refractivity contribution in [2.75, 3.05) is 23.9 Å². The van der Waals surface area contributed by atoms with E-state index in [0.717, 1.165) is 0 Å². The summed E-state index contributed by atoms with van der Waals surface area (Å²) in [7, 11) is -1.74. The lowest BCUT2D eigenvalue weighted by Crippen LogP contribution is -2.35. The number of benzene rings is 1. The SMILES string of the molecule is COC(=O)c1ccc(Nc2cncc(C(=O)NC3CCS(=O)(=O)C3)c2)cc1. The van der Waals surface area contributed by atoms with Crippen molar-refractivity contribution in [2.24, 2.45) is 0 Å². The molecule has 142 valence electrons. The molecule has 0 radical (unpaired) electrons. The zero-order valence-electron chi connectivity index (χ0n) is 14.6. The van der Waals surface area contributed by atoms with Crippen molar-refractivity contribution in [3.05, 3.63) is 53.9 Å². The summed E-state index contributed by atoms with van der Waals surface area (Å²) in [5, 5.41) is 5.83. The number of aromatic nitrogens is 1. The zero-order chi connectivity index (χ0) is 19.4. The van der Waals surface area contributed by atoms with Crippen molar-refractivity contribution < 1.29 is 22.7 Å². The predicted molar refractivity (Wildman–Crippen MR) is 99.8 cm³/mol. The number of ether oxygens (including phenoxy) is 1. The molecule has 0 spiro atoms. The van der Waals surface area contributed by atoms with Crippen LogP contribution in [0.1, 0.15) is 27.1 Å². The maximum atomic E-state index is 12.3. The van der Waals surface area contributed by atoms with Gasteiger partial charge in [0.2, 0.25) is 0 Å². The van der Waals surface area contributed by atoms with Crippen LogP contribution in [0, 0.1) is 0 Å². The maximum absolute atomic E-state index is 12.3. The number of methoxy groups -OCH3 is 1.